The fourth-order valence-corrected chi connectivity index (χ4v) is 4.79. The second-order valence-corrected chi connectivity index (χ2v) is 9.46. The lowest BCUT2D eigenvalue weighted by Crippen LogP contribution is -2.07. The molecule has 2 aromatic carbocycles. The van der Waals surface area contributed by atoms with Crippen molar-refractivity contribution in [3.05, 3.63) is 77.2 Å². The van der Waals surface area contributed by atoms with Gasteiger partial charge in [-0.05, 0) is 48.2 Å². The number of ether oxygens (including phenoxy) is 1. The van der Waals surface area contributed by atoms with Crippen molar-refractivity contribution in [2.24, 2.45) is 0 Å². The van der Waals surface area contributed by atoms with Crippen molar-refractivity contribution in [3.63, 3.8) is 0 Å². The van der Waals surface area contributed by atoms with Crippen molar-refractivity contribution >= 4 is 27.1 Å². The first kappa shape index (κ1) is 20.2. The van der Waals surface area contributed by atoms with E-state index in [0.29, 0.717) is 6.54 Å². The number of nitrogens with one attached hydrogen (secondary N) is 1. The number of rotatable bonds is 7. The van der Waals surface area contributed by atoms with Gasteiger partial charge in [-0.25, -0.2) is 8.42 Å². The predicted octanol–water partition coefficient (Wildman–Crippen LogP) is 5.17. The smallest absolute Gasteiger partial charge is 0.240 e. The number of anilines is 1. The van der Waals surface area contributed by atoms with Crippen molar-refractivity contribution < 1.29 is 17.6 Å². The fourth-order valence-electron chi connectivity index (χ4n) is 2.86. The quantitative estimate of drug-likeness (QED) is 0.427. The summed E-state index contributed by atoms with van der Waals surface area (Å²) in [6.07, 6.45) is 0. The van der Waals surface area contributed by atoms with Crippen LogP contribution in [0.5, 0.6) is 5.75 Å². The van der Waals surface area contributed by atoms with Crippen molar-refractivity contribution in [2.45, 2.75) is 23.4 Å². The summed E-state index contributed by atoms with van der Waals surface area (Å²) in [6, 6.07) is 17.9. The molecule has 0 spiro atoms. The Kier molecular flexibility index (Phi) is 5.61. The van der Waals surface area contributed by atoms with Crippen LogP contribution in [0, 0.1) is 6.92 Å². The molecule has 30 heavy (non-hydrogen) atoms. The molecule has 0 saturated heterocycles. The van der Waals surface area contributed by atoms with Gasteiger partial charge in [-0.2, -0.15) is 4.98 Å². The van der Waals surface area contributed by atoms with E-state index in [0.717, 1.165) is 21.8 Å². The number of sulfone groups is 1. The highest BCUT2D eigenvalue weighted by Gasteiger charge is 2.28. The second-order valence-electron chi connectivity index (χ2n) is 6.65. The van der Waals surface area contributed by atoms with E-state index in [9.17, 15) is 8.42 Å². The van der Waals surface area contributed by atoms with Gasteiger partial charge in [0, 0.05) is 6.54 Å². The Balaban J connectivity index is 1.70. The topological polar surface area (TPSA) is 81.4 Å². The van der Waals surface area contributed by atoms with Gasteiger partial charge in [-0.1, -0.05) is 35.9 Å². The number of oxazole rings is 1. The van der Waals surface area contributed by atoms with E-state index in [-0.39, 0.29) is 21.7 Å². The van der Waals surface area contributed by atoms with E-state index in [1.54, 1.807) is 31.4 Å². The van der Waals surface area contributed by atoms with E-state index in [2.05, 4.69) is 10.3 Å². The molecule has 0 bridgehead atoms. The molecular formula is C22H20N2O4S2. The van der Waals surface area contributed by atoms with Gasteiger partial charge in [0.15, 0.2) is 0 Å². The van der Waals surface area contributed by atoms with E-state index in [1.165, 1.54) is 11.3 Å². The van der Waals surface area contributed by atoms with Gasteiger partial charge in [-0.15, -0.1) is 11.3 Å². The largest absolute Gasteiger partial charge is 0.497 e. The molecule has 0 aliphatic heterocycles. The molecule has 4 aromatic rings. The van der Waals surface area contributed by atoms with E-state index >= 15 is 0 Å². The Labute approximate surface area is 179 Å². The summed E-state index contributed by atoms with van der Waals surface area (Å²) in [7, 11) is -2.25. The van der Waals surface area contributed by atoms with Gasteiger partial charge < -0.3 is 14.5 Å². The van der Waals surface area contributed by atoms with Gasteiger partial charge in [0.25, 0.3) is 0 Å². The Hall–Kier alpha value is -3.10. The number of benzene rings is 2. The molecule has 8 heteroatoms. The zero-order valence-electron chi connectivity index (χ0n) is 16.5. The van der Waals surface area contributed by atoms with Gasteiger partial charge >= 0.3 is 0 Å². The third-order valence-corrected chi connectivity index (χ3v) is 7.06. The molecule has 0 fully saturated rings. The summed E-state index contributed by atoms with van der Waals surface area (Å²) >= 11 is 1.43. The number of aryl methyl sites for hydroxylation is 1. The van der Waals surface area contributed by atoms with Crippen LogP contribution in [0.1, 0.15) is 11.1 Å². The van der Waals surface area contributed by atoms with Crippen LogP contribution in [0.25, 0.3) is 10.8 Å². The normalized spacial score (nSPS) is 11.4. The van der Waals surface area contributed by atoms with E-state index < -0.39 is 9.84 Å². The molecular weight excluding hydrogens is 420 g/mol. The molecule has 2 heterocycles. The average Bonchev–Trinajstić information content (AvgIpc) is 3.43. The van der Waals surface area contributed by atoms with Crippen LogP contribution in [0.3, 0.4) is 0 Å². The van der Waals surface area contributed by atoms with Crippen LogP contribution < -0.4 is 10.1 Å². The molecule has 1 N–H and O–H groups in total. The standard InChI is InChI=1S/C22H20N2O4S2/c1-15-5-11-18(12-6-15)30(25,26)22-21(28-20(24-22)19-4-3-13-29-19)23-14-16-7-9-17(27-2)10-8-16/h3-13,23H,14H2,1-2H3. The summed E-state index contributed by atoms with van der Waals surface area (Å²) in [5.41, 5.74) is 1.93. The molecule has 154 valence electrons. The molecule has 0 amide bonds. The Bertz CT molecular complexity index is 1230. The first-order valence-electron chi connectivity index (χ1n) is 9.20. The highest BCUT2D eigenvalue weighted by Crippen LogP contribution is 2.34. The summed E-state index contributed by atoms with van der Waals surface area (Å²) in [4.78, 5) is 5.27. The number of thiophene rings is 1. The predicted molar refractivity (Wildman–Crippen MR) is 117 cm³/mol. The van der Waals surface area contributed by atoms with Crippen LogP contribution in [0.15, 0.2) is 80.4 Å². The number of hydrogen-bond donors (Lipinski definition) is 1. The summed E-state index contributed by atoms with van der Waals surface area (Å²) in [5.74, 6) is 1.14. The van der Waals surface area contributed by atoms with E-state index in [1.807, 2.05) is 48.7 Å². The minimum atomic E-state index is -3.85. The first-order valence-corrected chi connectivity index (χ1v) is 11.6. The highest BCUT2D eigenvalue weighted by atomic mass is 32.2. The Morgan fingerprint density at radius 3 is 2.43 bits per heavy atom. The van der Waals surface area contributed by atoms with Crippen LogP contribution in [-0.4, -0.2) is 20.5 Å². The maximum atomic E-state index is 13.3. The SMILES string of the molecule is COc1ccc(CNc2oc(-c3cccs3)nc2S(=O)(=O)c2ccc(C)cc2)cc1. The fraction of sp³-hybridized carbons (Fsp3) is 0.136. The minimum Gasteiger partial charge on any atom is -0.497 e. The number of hydrogen-bond acceptors (Lipinski definition) is 7. The molecule has 6 nitrogen and oxygen atoms in total. The lowest BCUT2D eigenvalue weighted by atomic mass is 10.2. The third-order valence-electron chi connectivity index (χ3n) is 4.53. The molecule has 0 aliphatic carbocycles. The van der Waals surface area contributed by atoms with Crippen molar-refractivity contribution in [1.82, 2.24) is 4.98 Å². The highest BCUT2D eigenvalue weighted by molar-refractivity contribution is 7.91. The van der Waals surface area contributed by atoms with Crippen molar-refractivity contribution in [2.75, 3.05) is 12.4 Å². The third kappa shape index (κ3) is 4.10. The molecule has 0 atom stereocenters. The summed E-state index contributed by atoms with van der Waals surface area (Å²) in [5, 5.41) is 4.86. The maximum absolute atomic E-state index is 13.3. The number of aromatic nitrogens is 1. The molecule has 0 saturated carbocycles. The van der Waals surface area contributed by atoms with Crippen LogP contribution in [-0.2, 0) is 16.4 Å². The molecule has 0 aliphatic rings. The molecule has 2 aromatic heterocycles. The summed E-state index contributed by atoms with van der Waals surface area (Å²) < 4.78 is 37.5. The molecule has 0 radical (unpaired) electrons. The monoisotopic (exact) mass is 440 g/mol. The van der Waals surface area contributed by atoms with Gasteiger partial charge in [0.05, 0.1) is 16.9 Å². The van der Waals surface area contributed by atoms with Gasteiger partial charge in [-0.3, -0.25) is 0 Å². The second kappa shape index (κ2) is 8.33. The number of methoxy groups -OCH3 is 1. The van der Waals surface area contributed by atoms with Crippen LogP contribution in [0.2, 0.25) is 0 Å². The van der Waals surface area contributed by atoms with Crippen molar-refractivity contribution in [1.29, 1.82) is 0 Å². The average molecular weight is 441 g/mol. The molecule has 0 unspecified atom stereocenters. The maximum Gasteiger partial charge on any atom is 0.240 e. The van der Waals surface area contributed by atoms with Crippen LogP contribution in [0.4, 0.5) is 5.88 Å². The summed E-state index contributed by atoms with van der Waals surface area (Å²) in [6.45, 7) is 2.28. The zero-order chi connectivity index (χ0) is 21.1. The first-order chi connectivity index (χ1) is 14.5. The van der Waals surface area contributed by atoms with Gasteiger partial charge in [0.1, 0.15) is 5.75 Å². The lowest BCUT2D eigenvalue weighted by Gasteiger charge is -2.07. The number of nitrogens with zero attached hydrogens (tertiary/aromatic N) is 1. The Morgan fingerprint density at radius 2 is 1.80 bits per heavy atom. The zero-order valence-corrected chi connectivity index (χ0v) is 18.1. The van der Waals surface area contributed by atoms with Crippen molar-refractivity contribution in [3.8, 4) is 16.5 Å². The molecule has 4 rings (SSSR count). The minimum absolute atomic E-state index is 0.120. The van der Waals surface area contributed by atoms with Crippen LogP contribution >= 0.6 is 11.3 Å². The van der Waals surface area contributed by atoms with E-state index in [4.69, 9.17) is 9.15 Å². The Morgan fingerprint density at radius 1 is 1.07 bits per heavy atom. The lowest BCUT2D eigenvalue weighted by molar-refractivity contribution is 0.414. The van der Waals surface area contributed by atoms with Gasteiger partial charge in [0.2, 0.25) is 26.6 Å².